The van der Waals surface area contributed by atoms with Gasteiger partial charge in [0.25, 0.3) is 0 Å². The SMILES string of the molecule is CN1CCCN(C(=O)CCc2ncc(-c3ccc(Cl)cc3)o2)CC1. The van der Waals surface area contributed by atoms with Gasteiger partial charge in [-0.15, -0.1) is 0 Å². The van der Waals surface area contributed by atoms with Gasteiger partial charge >= 0.3 is 0 Å². The summed E-state index contributed by atoms with van der Waals surface area (Å²) >= 11 is 5.89. The number of hydrogen-bond donors (Lipinski definition) is 0. The van der Waals surface area contributed by atoms with Gasteiger partial charge in [0.1, 0.15) is 0 Å². The van der Waals surface area contributed by atoms with Crippen LogP contribution in [-0.2, 0) is 11.2 Å². The quantitative estimate of drug-likeness (QED) is 0.852. The van der Waals surface area contributed by atoms with Crippen molar-refractivity contribution in [2.45, 2.75) is 19.3 Å². The molecule has 0 bridgehead atoms. The van der Waals surface area contributed by atoms with E-state index < -0.39 is 0 Å². The Kier molecular flexibility index (Phi) is 5.53. The number of nitrogens with zero attached hydrogens (tertiary/aromatic N) is 3. The fourth-order valence-corrected chi connectivity index (χ4v) is 2.97. The fourth-order valence-electron chi connectivity index (χ4n) is 2.84. The standard InChI is InChI=1S/C18H22ClN3O2/c1-21-9-2-10-22(12-11-21)18(23)8-7-17-20-13-16(24-17)14-3-5-15(19)6-4-14/h3-6,13H,2,7-12H2,1H3. The van der Waals surface area contributed by atoms with Crippen LogP contribution in [0, 0.1) is 0 Å². The van der Waals surface area contributed by atoms with E-state index in [2.05, 4.69) is 16.9 Å². The summed E-state index contributed by atoms with van der Waals surface area (Å²) in [5.74, 6) is 1.47. The van der Waals surface area contributed by atoms with E-state index in [1.807, 2.05) is 29.2 Å². The Bertz CT molecular complexity index is 684. The molecule has 0 saturated carbocycles. The molecule has 2 heterocycles. The lowest BCUT2D eigenvalue weighted by atomic mass is 10.2. The average molecular weight is 348 g/mol. The molecule has 128 valence electrons. The Morgan fingerprint density at radius 2 is 2.00 bits per heavy atom. The minimum Gasteiger partial charge on any atom is -0.441 e. The maximum absolute atomic E-state index is 12.4. The minimum atomic E-state index is 0.177. The van der Waals surface area contributed by atoms with Gasteiger partial charge in [-0.2, -0.15) is 0 Å². The molecule has 1 aliphatic rings. The highest BCUT2D eigenvalue weighted by atomic mass is 35.5. The second-order valence-electron chi connectivity index (χ2n) is 6.16. The number of oxazole rings is 1. The highest BCUT2D eigenvalue weighted by Crippen LogP contribution is 2.22. The molecule has 1 saturated heterocycles. The van der Waals surface area contributed by atoms with Crippen molar-refractivity contribution in [3.63, 3.8) is 0 Å². The van der Waals surface area contributed by atoms with E-state index in [0.717, 1.165) is 38.2 Å². The number of hydrogen-bond acceptors (Lipinski definition) is 4. The molecule has 1 aromatic heterocycles. The molecule has 0 spiro atoms. The monoisotopic (exact) mass is 347 g/mol. The van der Waals surface area contributed by atoms with Crippen molar-refractivity contribution >= 4 is 17.5 Å². The Hall–Kier alpha value is -1.85. The van der Waals surface area contributed by atoms with E-state index >= 15 is 0 Å². The summed E-state index contributed by atoms with van der Waals surface area (Å²) in [7, 11) is 2.10. The first-order chi connectivity index (χ1) is 11.6. The topological polar surface area (TPSA) is 49.6 Å². The summed E-state index contributed by atoms with van der Waals surface area (Å²) in [6.07, 6.45) is 3.69. The summed E-state index contributed by atoms with van der Waals surface area (Å²) in [6, 6.07) is 7.43. The van der Waals surface area contributed by atoms with Crippen LogP contribution in [0.4, 0.5) is 0 Å². The number of benzene rings is 1. The largest absolute Gasteiger partial charge is 0.441 e. The molecule has 6 heteroatoms. The van der Waals surface area contributed by atoms with Crippen molar-refractivity contribution in [2.75, 3.05) is 33.2 Å². The molecular weight excluding hydrogens is 326 g/mol. The summed E-state index contributed by atoms with van der Waals surface area (Å²) in [4.78, 5) is 20.9. The van der Waals surface area contributed by atoms with Crippen LogP contribution in [0.5, 0.6) is 0 Å². The highest BCUT2D eigenvalue weighted by Gasteiger charge is 2.18. The van der Waals surface area contributed by atoms with E-state index in [1.165, 1.54) is 0 Å². The minimum absolute atomic E-state index is 0.177. The lowest BCUT2D eigenvalue weighted by molar-refractivity contribution is -0.131. The van der Waals surface area contributed by atoms with Crippen LogP contribution in [0.25, 0.3) is 11.3 Å². The predicted octanol–water partition coefficient (Wildman–Crippen LogP) is 3.09. The van der Waals surface area contributed by atoms with Crippen LogP contribution < -0.4 is 0 Å². The van der Waals surface area contributed by atoms with Gasteiger partial charge in [-0.3, -0.25) is 4.79 Å². The lowest BCUT2D eigenvalue weighted by Gasteiger charge is -2.20. The number of aryl methyl sites for hydroxylation is 1. The zero-order valence-corrected chi connectivity index (χ0v) is 14.6. The molecule has 3 rings (SSSR count). The molecule has 0 radical (unpaired) electrons. The van der Waals surface area contributed by atoms with E-state index in [9.17, 15) is 4.79 Å². The smallest absolute Gasteiger partial charge is 0.223 e. The van der Waals surface area contributed by atoms with Crippen molar-refractivity contribution in [3.8, 4) is 11.3 Å². The third-order valence-electron chi connectivity index (χ3n) is 4.31. The van der Waals surface area contributed by atoms with E-state index in [4.69, 9.17) is 16.0 Å². The molecule has 0 N–H and O–H groups in total. The number of halogens is 1. The van der Waals surface area contributed by atoms with E-state index in [1.54, 1.807) is 6.20 Å². The van der Waals surface area contributed by atoms with E-state index in [-0.39, 0.29) is 5.91 Å². The molecule has 5 nitrogen and oxygen atoms in total. The van der Waals surface area contributed by atoms with Gasteiger partial charge in [-0.25, -0.2) is 4.98 Å². The van der Waals surface area contributed by atoms with Gasteiger partial charge in [0.15, 0.2) is 11.7 Å². The number of amides is 1. The molecule has 0 aliphatic carbocycles. The molecule has 0 atom stereocenters. The molecule has 1 amide bonds. The average Bonchev–Trinajstić information content (AvgIpc) is 2.94. The fraction of sp³-hybridized carbons (Fsp3) is 0.444. The number of carbonyl (C=O) groups excluding carboxylic acids is 1. The lowest BCUT2D eigenvalue weighted by Crippen LogP contribution is -2.34. The van der Waals surface area contributed by atoms with Gasteiger partial charge in [-0.1, -0.05) is 11.6 Å². The van der Waals surface area contributed by atoms with Crippen molar-refractivity contribution in [2.24, 2.45) is 0 Å². The summed E-state index contributed by atoms with van der Waals surface area (Å²) < 4.78 is 5.76. The van der Waals surface area contributed by atoms with Gasteiger partial charge in [0, 0.05) is 43.1 Å². The summed E-state index contributed by atoms with van der Waals surface area (Å²) in [5.41, 5.74) is 0.931. The number of rotatable bonds is 4. The normalized spacial score (nSPS) is 16.2. The van der Waals surface area contributed by atoms with Crippen LogP contribution in [0.15, 0.2) is 34.9 Å². The van der Waals surface area contributed by atoms with Crippen molar-refractivity contribution in [1.29, 1.82) is 0 Å². The van der Waals surface area contributed by atoms with E-state index in [0.29, 0.717) is 29.5 Å². The zero-order valence-electron chi connectivity index (χ0n) is 13.9. The Morgan fingerprint density at radius 3 is 2.79 bits per heavy atom. The second-order valence-corrected chi connectivity index (χ2v) is 6.60. The van der Waals surface area contributed by atoms with Crippen LogP contribution in [0.2, 0.25) is 5.02 Å². The van der Waals surface area contributed by atoms with Gasteiger partial charge < -0.3 is 14.2 Å². The summed E-state index contributed by atoms with van der Waals surface area (Å²) in [5, 5.41) is 0.687. The molecule has 24 heavy (non-hydrogen) atoms. The maximum atomic E-state index is 12.4. The molecule has 1 aliphatic heterocycles. The summed E-state index contributed by atoms with van der Waals surface area (Å²) in [6.45, 7) is 3.63. The number of carbonyl (C=O) groups is 1. The van der Waals surface area contributed by atoms with Crippen molar-refractivity contribution in [1.82, 2.24) is 14.8 Å². The second kappa shape index (κ2) is 7.81. The maximum Gasteiger partial charge on any atom is 0.223 e. The Balaban J connectivity index is 1.55. The third kappa shape index (κ3) is 4.36. The van der Waals surface area contributed by atoms with Crippen LogP contribution in [0.3, 0.4) is 0 Å². The molecule has 2 aromatic rings. The molecule has 1 fully saturated rings. The first-order valence-corrected chi connectivity index (χ1v) is 8.66. The number of likely N-dealkylation sites (N-methyl/N-ethyl adjacent to an activating group) is 1. The Morgan fingerprint density at radius 1 is 1.21 bits per heavy atom. The molecule has 0 unspecified atom stereocenters. The van der Waals surface area contributed by atoms with Crippen LogP contribution in [0.1, 0.15) is 18.7 Å². The highest BCUT2D eigenvalue weighted by molar-refractivity contribution is 6.30. The van der Waals surface area contributed by atoms with Crippen LogP contribution >= 0.6 is 11.6 Å². The van der Waals surface area contributed by atoms with Gasteiger partial charge in [0.2, 0.25) is 5.91 Å². The zero-order chi connectivity index (χ0) is 16.9. The predicted molar refractivity (Wildman–Crippen MR) is 94.0 cm³/mol. The number of aromatic nitrogens is 1. The first kappa shape index (κ1) is 17.0. The van der Waals surface area contributed by atoms with Crippen LogP contribution in [-0.4, -0.2) is 53.9 Å². The van der Waals surface area contributed by atoms with Gasteiger partial charge in [0.05, 0.1) is 6.20 Å². The molecule has 1 aromatic carbocycles. The van der Waals surface area contributed by atoms with Crippen molar-refractivity contribution in [3.05, 3.63) is 41.4 Å². The van der Waals surface area contributed by atoms with Gasteiger partial charge in [-0.05, 0) is 44.3 Å². The molecular formula is C18H22ClN3O2. The first-order valence-electron chi connectivity index (χ1n) is 8.29. The third-order valence-corrected chi connectivity index (χ3v) is 4.56. The Labute approximate surface area is 147 Å². The van der Waals surface area contributed by atoms with Crippen molar-refractivity contribution < 1.29 is 9.21 Å².